The van der Waals surface area contributed by atoms with Gasteiger partial charge in [-0.15, -0.1) is 11.3 Å². The fourth-order valence-electron chi connectivity index (χ4n) is 2.78. The van der Waals surface area contributed by atoms with E-state index in [0.29, 0.717) is 25.8 Å². The van der Waals surface area contributed by atoms with Crippen LogP contribution in [-0.2, 0) is 22.6 Å². The van der Waals surface area contributed by atoms with Crippen LogP contribution in [-0.4, -0.2) is 21.7 Å². The molecule has 2 aromatic heterocycles. The number of nitrogens with zero attached hydrogens (tertiary/aromatic N) is 2. The Hall–Kier alpha value is -2.09. The van der Waals surface area contributed by atoms with E-state index in [9.17, 15) is 14.4 Å². The van der Waals surface area contributed by atoms with Crippen LogP contribution in [0, 0.1) is 6.92 Å². The number of halogens is 2. The van der Waals surface area contributed by atoms with Crippen LogP contribution >= 0.6 is 34.5 Å². The number of carbonyl (C=O) groups excluding carboxylic acids is 1. The molecular formula is C18H16Cl2N2O4S. The van der Waals surface area contributed by atoms with Crippen molar-refractivity contribution in [1.82, 2.24) is 9.13 Å². The number of fused-ring (bicyclic) bond motifs is 1. The molecule has 9 heteroatoms. The molecule has 0 saturated carbocycles. The monoisotopic (exact) mass is 426 g/mol. The first-order chi connectivity index (χ1) is 12.8. The summed E-state index contributed by atoms with van der Waals surface area (Å²) in [4.78, 5) is 38.3. The van der Waals surface area contributed by atoms with Crippen LogP contribution in [0.25, 0.3) is 10.2 Å². The molecule has 3 rings (SSSR count). The van der Waals surface area contributed by atoms with E-state index in [1.165, 1.54) is 15.9 Å². The summed E-state index contributed by atoms with van der Waals surface area (Å²) < 4.78 is 7.34. The van der Waals surface area contributed by atoms with E-state index in [1.807, 2.05) is 0 Å². The zero-order valence-corrected chi connectivity index (χ0v) is 17.0. The Kier molecular flexibility index (Phi) is 5.74. The van der Waals surface area contributed by atoms with Gasteiger partial charge in [0, 0.05) is 0 Å². The van der Waals surface area contributed by atoms with E-state index in [1.54, 1.807) is 37.4 Å². The molecule has 0 saturated heterocycles. The Bertz CT molecular complexity index is 1150. The fraction of sp³-hybridized carbons (Fsp3) is 0.278. The second-order valence-corrected chi connectivity index (χ2v) is 7.58. The third kappa shape index (κ3) is 3.81. The molecule has 6 nitrogen and oxygen atoms in total. The predicted octanol–water partition coefficient (Wildman–Crippen LogP) is 3.45. The zero-order valence-electron chi connectivity index (χ0n) is 14.6. The van der Waals surface area contributed by atoms with Gasteiger partial charge in [0.1, 0.15) is 11.4 Å². The minimum Gasteiger partial charge on any atom is -0.465 e. The zero-order chi connectivity index (χ0) is 19.7. The number of hydrogen-bond acceptors (Lipinski definition) is 5. The molecule has 1 aromatic carbocycles. The lowest BCUT2D eigenvalue weighted by atomic mass is 10.2. The number of aromatic nitrogens is 2. The first-order valence-corrected chi connectivity index (χ1v) is 9.78. The van der Waals surface area contributed by atoms with Gasteiger partial charge >= 0.3 is 11.7 Å². The molecule has 0 aliphatic heterocycles. The quantitative estimate of drug-likeness (QED) is 0.585. The molecule has 0 radical (unpaired) electrons. The molecule has 2 heterocycles. The van der Waals surface area contributed by atoms with Crippen molar-refractivity contribution >= 4 is 50.7 Å². The molecule has 0 aliphatic carbocycles. The summed E-state index contributed by atoms with van der Waals surface area (Å²) in [5.74, 6) is -0.535. The van der Waals surface area contributed by atoms with Crippen molar-refractivity contribution in [1.29, 1.82) is 0 Å². The first kappa shape index (κ1) is 19.7. The van der Waals surface area contributed by atoms with Crippen molar-refractivity contribution in [3.63, 3.8) is 0 Å². The van der Waals surface area contributed by atoms with Crippen molar-refractivity contribution in [2.75, 3.05) is 6.61 Å². The average Bonchev–Trinajstić information content (AvgIpc) is 3.00. The van der Waals surface area contributed by atoms with Crippen LogP contribution in [0.15, 0.2) is 33.2 Å². The smallest absolute Gasteiger partial charge is 0.332 e. The molecule has 0 aliphatic rings. The lowest BCUT2D eigenvalue weighted by Crippen LogP contribution is -2.41. The maximum Gasteiger partial charge on any atom is 0.332 e. The van der Waals surface area contributed by atoms with Gasteiger partial charge in [-0.3, -0.25) is 18.7 Å². The van der Waals surface area contributed by atoms with Crippen LogP contribution in [0.5, 0.6) is 0 Å². The molecule has 27 heavy (non-hydrogen) atoms. The van der Waals surface area contributed by atoms with Gasteiger partial charge in [0.15, 0.2) is 0 Å². The van der Waals surface area contributed by atoms with Crippen LogP contribution in [0.4, 0.5) is 0 Å². The maximum atomic E-state index is 13.0. The van der Waals surface area contributed by atoms with E-state index >= 15 is 0 Å². The number of rotatable bonds is 5. The largest absolute Gasteiger partial charge is 0.465 e. The molecular weight excluding hydrogens is 411 g/mol. The average molecular weight is 427 g/mol. The summed E-state index contributed by atoms with van der Waals surface area (Å²) in [5, 5.41) is 2.93. The van der Waals surface area contributed by atoms with E-state index in [4.69, 9.17) is 27.9 Å². The second kappa shape index (κ2) is 7.88. The van der Waals surface area contributed by atoms with Gasteiger partial charge in [-0.2, -0.15) is 0 Å². The summed E-state index contributed by atoms with van der Waals surface area (Å²) in [7, 11) is 0. The van der Waals surface area contributed by atoms with Gasteiger partial charge in [-0.05, 0) is 42.5 Å². The molecule has 3 aromatic rings. The molecule has 0 atom stereocenters. The highest BCUT2D eigenvalue weighted by Crippen LogP contribution is 2.24. The highest BCUT2D eigenvalue weighted by atomic mass is 35.5. The highest BCUT2D eigenvalue weighted by Gasteiger charge is 2.19. The van der Waals surface area contributed by atoms with E-state index < -0.39 is 17.2 Å². The van der Waals surface area contributed by atoms with Gasteiger partial charge in [0.2, 0.25) is 0 Å². The minimum absolute atomic E-state index is 0.0165. The van der Waals surface area contributed by atoms with E-state index in [0.717, 1.165) is 10.1 Å². The van der Waals surface area contributed by atoms with E-state index in [2.05, 4.69) is 0 Å². The second-order valence-electron chi connectivity index (χ2n) is 5.91. The van der Waals surface area contributed by atoms with Crippen LogP contribution < -0.4 is 11.2 Å². The van der Waals surface area contributed by atoms with Gasteiger partial charge < -0.3 is 4.74 Å². The van der Waals surface area contributed by atoms with Crippen molar-refractivity contribution in [3.8, 4) is 0 Å². The van der Waals surface area contributed by atoms with Crippen molar-refractivity contribution in [3.05, 3.63) is 65.6 Å². The third-order valence-corrected chi connectivity index (χ3v) is 5.90. The van der Waals surface area contributed by atoms with E-state index in [-0.39, 0.29) is 19.7 Å². The first-order valence-electron chi connectivity index (χ1n) is 8.14. The molecule has 0 spiro atoms. The van der Waals surface area contributed by atoms with Gasteiger partial charge in [-0.1, -0.05) is 29.3 Å². The summed E-state index contributed by atoms with van der Waals surface area (Å²) >= 11 is 13.2. The lowest BCUT2D eigenvalue weighted by molar-refractivity contribution is -0.143. The molecule has 0 bridgehead atoms. The fourth-order valence-corrected chi connectivity index (χ4v) is 4.14. The Morgan fingerprint density at radius 3 is 2.59 bits per heavy atom. The summed E-state index contributed by atoms with van der Waals surface area (Å²) in [5.41, 5.74) is 0.424. The number of ether oxygens (including phenoxy) is 1. The normalized spacial score (nSPS) is 11.1. The van der Waals surface area contributed by atoms with Gasteiger partial charge in [0.05, 0.1) is 28.6 Å². The number of esters is 1. The molecule has 0 N–H and O–H groups in total. The van der Waals surface area contributed by atoms with Crippen LogP contribution in [0.3, 0.4) is 0 Å². The van der Waals surface area contributed by atoms with Crippen LogP contribution in [0.1, 0.15) is 18.1 Å². The third-order valence-electron chi connectivity index (χ3n) is 4.04. The Balaban J connectivity index is 2.18. The number of thiophene rings is 1. The lowest BCUT2D eigenvalue weighted by Gasteiger charge is -2.12. The predicted molar refractivity (Wildman–Crippen MR) is 107 cm³/mol. The molecule has 0 fully saturated rings. The standard InChI is InChI=1S/C18H16Cl2N2O4S/c1-3-26-14(23)8-22-17-15(10(2)9-27-17)16(24)21(18(22)25)7-11-4-5-12(19)13(20)6-11/h4-6,9H,3,7-8H2,1-2H3. The summed E-state index contributed by atoms with van der Waals surface area (Å²) in [6, 6.07) is 4.91. The van der Waals surface area contributed by atoms with Gasteiger partial charge in [-0.25, -0.2) is 4.79 Å². The number of benzene rings is 1. The minimum atomic E-state index is -0.575. The Morgan fingerprint density at radius 2 is 1.93 bits per heavy atom. The number of hydrogen-bond donors (Lipinski definition) is 0. The van der Waals surface area contributed by atoms with Gasteiger partial charge in [0.25, 0.3) is 5.56 Å². The Labute approximate surface area is 168 Å². The topological polar surface area (TPSA) is 70.3 Å². The molecule has 142 valence electrons. The number of carbonyl (C=O) groups is 1. The summed E-state index contributed by atoms with van der Waals surface area (Å²) in [6.07, 6.45) is 0. The van der Waals surface area contributed by atoms with Crippen molar-refractivity contribution in [2.24, 2.45) is 0 Å². The number of aryl methyl sites for hydroxylation is 1. The molecule has 0 unspecified atom stereocenters. The van der Waals surface area contributed by atoms with Crippen LogP contribution in [0.2, 0.25) is 10.0 Å². The van der Waals surface area contributed by atoms with Crippen molar-refractivity contribution < 1.29 is 9.53 Å². The van der Waals surface area contributed by atoms with Crippen molar-refractivity contribution in [2.45, 2.75) is 26.9 Å². The SMILES string of the molecule is CCOC(=O)Cn1c(=O)n(Cc2ccc(Cl)c(Cl)c2)c(=O)c2c(C)csc21. The molecule has 0 amide bonds. The maximum absolute atomic E-state index is 13.0. The Morgan fingerprint density at radius 1 is 1.19 bits per heavy atom. The highest BCUT2D eigenvalue weighted by molar-refractivity contribution is 7.17. The summed E-state index contributed by atoms with van der Waals surface area (Å²) in [6.45, 7) is 3.45.